The van der Waals surface area contributed by atoms with E-state index in [1.165, 1.54) is 24.3 Å². The smallest absolute Gasteiger partial charge is 0.324 e. The first-order valence-corrected chi connectivity index (χ1v) is 18.5. The fourth-order valence-corrected chi connectivity index (χ4v) is 10.7. The predicted octanol–water partition coefficient (Wildman–Crippen LogP) is 4.31. The summed E-state index contributed by atoms with van der Waals surface area (Å²) in [4.78, 5) is 78.3. The molecule has 2 aromatic rings. The Balaban J connectivity index is 3.01. The first-order valence-electron chi connectivity index (χ1n) is 11.8. The van der Waals surface area contributed by atoms with Crippen molar-refractivity contribution in [2.45, 2.75) is 64.2 Å². The van der Waals surface area contributed by atoms with E-state index in [2.05, 4.69) is 0 Å². The van der Waals surface area contributed by atoms with Gasteiger partial charge in [-0.3, -0.25) is 18.3 Å². The first-order chi connectivity index (χ1) is 17.2. The predicted molar refractivity (Wildman–Crippen MR) is 143 cm³/mol. The molecule has 0 aliphatic rings. The van der Waals surface area contributed by atoms with Crippen molar-refractivity contribution in [3.63, 3.8) is 0 Å². The Labute approximate surface area is 220 Å². The summed E-state index contributed by atoms with van der Waals surface area (Å²) in [5.41, 5.74) is 2.79. The van der Waals surface area contributed by atoms with E-state index in [1.54, 1.807) is 27.7 Å². The minimum Gasteiger partial charge on any atom is -0.324 e. The average Bonchev–Trinajstić information content (AvgIpc) is 2.74. The van der Waals surface area contributed by atoms with Gasteiger partial charge in [-0.2, -0.15) is 0 Å². The summed E-state index contributed by atoms with van der Waals surface area (Å²) in [5.74, 6) is 0. The van der Waals surface area contributed by atoms with Crippen molar-refractivity contribution in [3.8, 4) is 11.1 Å². The van der Waals surface area contributed by atoms with Crippen molar-refractivity contribution in [3.05, 3.63) is 57.6 Å². The summed E-state index contributed by atoms with van der Waals surface area (Å²) in [6, 6.07) is 5.30. The van der Waals surface area contributed by atoms with E-state index < -0.39 is 41.2 Å². The molecule has 12 nitrogen and oxygen atoms in total. The summed E-state index contributed by atoms with van der Waals surface area (Å²) in [6.07, 6.45) is 1.06. The summed E-state index contributed by atoms with van der Waals surface area (Å²) in [5, 5.41) is -4.67. The van der Waals surface area contributed by atoms with E-state index in [9.17, 15) is 57.4 Å². The Bertz CT molecular complexity index is 1290. The second-order valence-electron chi connectivity index (χ2n) is 8.84. The molecule has 0 aliphatic carbocycles. The molecule has 0 bridgehead atoms. The van der Waals surface area contributed by atoms with Crippen molar-refractivity contribution < 1.29 is 57.4 Å². The van der Waals surface area contributed by atoms with Gasteiger partial charge in [-0.1, -0.05) is 52.0 Å². The van der Waals surface area contributed by atoms with Gasteiger partial charge in [0, 0.05) is 0 Å². The van der Waals surface area contributed by atoms with Gasteiger partial charge < -0.3 is 39.1 Å². The van der Waals surface area contributed by atoms with Gasteiger partial charge in [0.25, 0.3) is 0 Å². The third-order valence-corrected chi connectivity index (χ3v) is 13.7. The van der Waals surface area contributed by atoms with Gasteiger partial charge in [0.15, 0.2) is 10.8 Å². The van der Waals surface area contributed by atoms with Gasteiger partial charge >= 0.3 is 30.4 Å². The van der Waals surface area contributed by atoms with Crippen LogP contribution in [0.25, 0.3) is 11.1 Å². The zero-order chi connectivity index (χ0) is 29.4. The van der Waals surface area contributed by atoms with Crippen molar-refractivity contribution >= 4 is 30.4 Å². The maximum Gasteiger partial charge on any atom is 0.345 e. The minimum atomic E-state index is -5.31. The van der Waals surface area contributed by atoms with Crippen LogP contribution in [-0.4, -0.2) is 39.1 Å². The van der Waals surface area contributed by atoms with E-state index in [0.29, 0.717) is 46.2 Å². The molecule has 0 unspecified atom stereocenters. The van der Waals surface area contributed by atoms with E-state index in [-0.39, 0.29) is 24.0 Å². The topological polar surface area (TPSA) is 230 Å². The zero-order valence-electron chi connectivity index (χ0n) is 21.3. The van der Waals surface area contributed by atoms with Crippen molar-refractivity contribution in [1.29, 1.82) is 0 Å². The Kier molecular flexibility index (Phi) is 10.4. The second kappa shape index (κ2) is 11.9. The molecule has 0 fully saturated rings. The Hall–Kier alpha value is -0.960. The zero-order valence-corrected chi connectivity index (χ0v) is 24.9. The Morgan fingerprint density at radius 3 is 1.11 bits per heavy atom. The van der Waals surface area contributed by atoms with Crippen LogP contribution in [0.4, 0.5) is 0 Å². The maximum atomic E-state index is 12.4. The first kappa shape index (κ1) is 33.2. The average molecular weight is 614 g/mol. The van der Waals surface area contributed by atoms with Crippen LogP contribution in [0.3, 0.4) is 0 Å². The third kappa shape index (κ3) is 6.84. The summed E-state index contributed by atoms with van der Waals surface area (Å²) >= 11 is 0. The molecule has 38 heavy (non-hydrogen) atoms. The van der Waals surface area contributed by atoms with Gasteiger partial charge in [-0.25, -0.2) is 0 Å². The molecule has 0 spiro atoms. The van der Waals surface area contributed by atoms with Gasteiger partial charge in [0.05, 0.1) is 0 Å². The molecule has 0 radical (unpaired) electrons. The monoisotopic (exact) mass is 614 g/mol. The number of hydrogen-bond acceptors (Lipinski definition) is 4. The lowest BCUT2D eigenvalue weighted by Gasteiger charge is -2.30. The van der Waals surface area contributed by atoms with E-state index >= 15 is 0 Å². The van der Waals surface area contributed by atoms with Crippen LogP contribution < -0.4 is 0 Å². The number of benzene rings is 2. The molecule has 0 atom stereocenters. The number of rotatable bonds is 11. The van der Waals surface area contributed by atoms with Crippen LogP contribution in [0.1, 0.15) is 71.9 Å². The molecular formula is C22H34O12P4. The minimum absolute atomic E-state index is 0.0613. The quantitative estimate of drug-likeness (QED) is 0.166. The molecule has 0 saturated heterocycles. The standard InChI is InChI=1S/C22H34O12P4/c1-5-15-17(7-3)20(22(37(29,30)31)38(32,33)34)18(8-4)16(6-2)19(15)13-9-11-14(12-10-13)21(35(23,24)25)36(26,27)28/h9-12,21-22H,5-8H2,1-4H3,(H2,23,24,25)(H2,26,27,28)(H2,29,30,31)(H2,32,33,34). The molecule has 8 N–H and O–H groups in total. The van der Waals surface area contributed by atoms with E-state index in [0.717, 1.165) is 0 Å². The Morgan fingerprint density at radius 2 is 0.842 bits per heavy atom. The van der Waals surface area contributed by atoms with Gasteiger partial charge in [-0.15, -0.1) is 0 Å². The molecule has 0 aliphatic heterocycles. The molecule has 0 aromatic heterocycles. The van der Waals surface area contributed by atoms with Crippen molar-refractivity contribution in [2.75, 3.05) is 0 Å². The summed E-state index contributed by atoms with van der Waals surface area (Å²) in [6.45, 7) is 6.97. The maximum absolute atomic E-state index is 12.4. The van der Waals surface area contributed by atoms with Gasteiger partial charge in [0.1, 0.15) is 0 Å². The fourth-order valence-electron chi connectivity index (χ4n) is 5.18. The van der Waals surface area contributed by atoms with Crippen LogP contribution in [0.5, 0.6) is 0 Å². The number of hydrogen-bond donors (Lipinski definition) is 8. The lowest BCUT2D eigenvalue weighted by atomic mass is 9.80. The van der Waals surface area contributed by atoms with Crippen LogP contribution in [0.15, 0.2) is 24.3 Å². The SMILES string of the molecule is CCc1c(CC)c(C(P(=O)(O)O)P(=O)(O)O)c(CC)c(CC)c1-c1ccc(C(P(=O)(O)O)P(=O)(O)O)cc1. The van der Waals surface area contributed by atoms with Crippen LogP contribution in [-0.2, 0) is 43.9 Å². The van der Waals surface area contributed by atoms with Crippen LogP contribution >= 0.6 is 30.4 Å². The second-order valence-corrected chi connectivity index (χ2v) is 16.4. The van der Waals surface area contributed by atoms with Crippen LogP contribution in [0.2, 0.25) is 0 Å². The van der Waals surface area contributed by atoms with Gasteiger partial charge in [0.2, 0.25) is 0 Å². The largest absolute Gasteiger partial charge is 0.345 e. The highest BCUT2D eigenvalue weighted by Crippen LogP contribution is 2.72. The molecule has 0 saturated carbocycles. The lowest BCUT2D eigenvalue weighted by Crippen LogP contribution is -2.15. The summed E-state index contributed by atoms with van der Waals surface area (Å²) < 4.78 is 48.5. The molecule has 214 valence electrons. The molecule has 0 heterocycles. The molecule has 2 aromatic carbocycles. The summed E-state index contributed by atoms with van der Waals surface area (Å²) in [7, 11) is -21.1. The van der Waals surface area contributed by atoms with E-state index in [4.69, 9.17) is 0 Å². The highest BCUT2D eigenvalue weighted by molar-refractivity contribution is 7.70. The molecular weight excluding hydrogens is 580 g/mol. The van der Waals surface area contributed by atoms with Crippen molar-refractivity contribution in [2.24, 2.45) is 0 Å². The third-order valence-electron chi connectivity index (χ3n) is 6.43. The molecule has 16 heteroatoms. The molecule has 0 amide bonds. The molecule has 2 rings (SSSR count). The van der Waals surface area contributed by atoms with Crippen molar-refractivity contribution in [1.82, 2.24) is 0 Å². The lowest BCUT2D eigenvalue weighted by molar-refractivity contribution is 0.335. The fraction of sp³-hybridized carbons (Fsp3) is 0.455. The Morgan fingerprint density at radius 1 is 0.526 bits per heavy atom. The van der Waals surface area contributed by atoms with Gasteiger partial charge in [-0.05, 0) is 70.2 Å². The highest BCUT2D eigenvalue weighted by Gasteiger charge is 2.48. The van der Waals surface area contributed by atoms with Crippen LogP contribution in [0, 0.1) is 0 Å². The highest BCUT2D eigenvalue weighted by atomic mass is 31.2. The normalized spacial score (nSPS) is 13.5. The van der Waals surface area contributed by atoms with E-state index in [1.807, 2.05) is 0 Å².